The average molecular weight is 466 g/mol. The van der Waals surface area contributed by atoms with Gasteiger partial charge in [-0.25, -0.2) is 18.3 Å². The molecule has 2 aromatic heterocycles. The van der Waals surface area contributed by atoms with Gasteiger partial charge >= 0.3 is 11.9 Å². The van der Waals surface area contributed by atoms with Gasteiger partial charge in [0.05, 0.1) is 36.3 Å². The number of halogens is 6. The zero-order valence-electron chi connectivity index (χ0n) is 15.9. The van der Waals surface area contributed by atoms with Crippen molar-refractivity contribution in [2.45, 2.75) is 43.9 Å². The van der Waals surface area contributed by atoms with Gasteiger partial charge in [0.15, 0.2) is 12.3 Å². The van der Waals surface area contributed by atoms with Crippen LogP contribution in [-0.2, 0) is 17.8 Å². The minimum absolute atomic E-state index is 0.00519. The molecule has 4 heterocycles. The van der Waals surface area contributed by atoms with Crippen molar-refractivity contribution in [2.75, 3.05) is 13.1 Å². The fourth-order valence-electron chi connectivity index (χ4n) is 4.01. The molecule has 2 aromatic rings. The van der Waals surface area contributed by atoms with Crippen molar-refractivity contribution in [3.05, 3.63) is 45.4 Å². The summed E-state index contributed by atoms with van der Waals surface area (Å²) in [5, 5.41) is 4.44. The summed E-state index contributed by atoms with van der Waals surface area (Å²) in [5.41, 5.74) is -0.538. The molecule has 0 N–H and O–H groups in total. The maximum atomic E-state index is 13.7. The highest BCUT2D eigenvalue weighted by Gasteiger charge is 2.53. The van der Waals surface area contributed by atoms with Gasteiger partial charge in [0.1, 0.15) is 11.9 Å². The van der Waals surface area contributed by atoms with Crippen LogP contribution in [0.1, 0.15) is 24.0 Å². The summed E-state index contributed by atoms with van der Waals surface area (Å²) in [7, 11) is 0. The molecule has 1 fully saturated rings. The van der Waals surface area contributed by atoms with Crippen LogP contribution in [0.2, 0.25) is 5.02 Å². The minimum Gasteiger partial charge on any atom is -0.335 e. The van der Waals surface area contributed by atoms with Gasteiger partial charge in [-0.2, -0.15) is 18.3 Å². The first-order chi connectivity index (χ1) is 14.6. The van der Waals surface area contributed by atoms with Crippen LogP contribution in [0.3, 0.4) is 0 Å². The van der Waals surface area contributed by atoms with Gasteiger partial charge in [-0.15, -0.1) is 0 Å². The molecule has 0 aromatic carbocycles. The summed E-state index contributed by atoms with van der Waals surface area (Å²) in [6.07, 6.45) is -8.05. The number of aromatic nitrogens is 4. The van der Waals surface area contributed by atoms with E-state index in [0.29, 0.717) is 20.2 Å². The van der Waals surface area contributed by atoms with E-state index >= 15 is 0 Å². The zero-order valence-corrected chi connectivity index (χ0v) is 16.7. The van der Waals surface area contributed by atoms with E-state index < -0.39 is 61.6 Å². The molecular weight excluding hydrogens is 449 g/mol. The van der Waals surface area contributed by atoms with Crippen molar-refractivity contribution in [3.8, 4) is 0 Å². The summed E-state index contributed by atoms with van der Waals surface area (Å²) in [5.74, 6) is -3.31. The third-order valence-corrected chi connectivity index (χ3v) is 5.77. The fourth-order valence-corrected chi connectivity index (χ4v) is 4.12. The Labute approximate surface area is 177 Å². The van der Waals surface area contributed by atoms with E-state index in [2.05, 4.69) is 10.1 Å². The van der Waals surface area contributed by atoms with Crippen LogP contribution in [0.15, 0.2) is 23.1 Å². The van der Waals surface area contributed by atoms with Crippen LogP contribution in [0.4, 0.5) is 22.0 Å². The van der Waals surface area contributed by atoms with Crippen molar-refractivity contribution in [1.29, 1.82) is 0 Å². The van der Waals surface area contributed by atoms with Crippen molar-refractivity contribution < 1.29 is 26.7 Å². The van der Waals surface area contributed by atoms with E-state index in [0.717, 1.165) is 4.68 Å². The van der Waals surface area contributed by atoms with Crippen molar-refractivity contribution in [3.63, 3.8) is 0 Å². The summed E-state index contributed by atoms with van der Waals surface area (Å²) in [4.78, 5) is 30.6. The van der Waals surface area contributed by atoms with E-state index in [1.165, 1.54) is 18.3 Å². The van der Waals surface area contributed by atoms with Gasteiger partial charge in [-0.05, 0) is 18.6 Å². The van der Waals surface area contributed by atoms with Crippen LogP contribution < -0.4 is 5.69 Å². The Bertz CT molecular complexity index is 1030. The lowest BCUT2D eigenvalue weighted by Gasteiger charge is -2.34. The lowest BCUT2D eigenvalue weighted by Crippen LogP contribution is -2.49. The highest BCUT2D eigenvalue weighted by molar-refractivity contribution is 6.30. The standard InChI is InChI=1S/C18H17ClF5N5O2/c19-9-1-2-10(25-5-9)6-28-17(31)29-14(26-28)4-3-11(18(22,23)24)15(29)16(30)27-7-12(20)13(21)8-27/h1-2,5,11-13,15H,3-4,6-8H2/t11-,12-,13+,15-/m1/s1. The van der Waals surface area contributed by atoms with Crippen LogP contribution in [0.5, 0.6) is 0 Å². The molecule has 0 spiro atoms. The predicted octanol–water partition coefficient (Wildman–Crippen LogP) is 2.33. The molecule has 1 amide bonds. The molecule has 0 aliphatic carbocycles. The SMILES string of the molecule is O=C([C@H]1[C@H](C(F)(F)F)CCc2nn(Cc3ccc(Cl)cn3)c(=O)n21)N1C[C@@H](F)[C@@H](F)C1. The highest BCUT2D eigenvalue weighted by atomic mass is 35.5. The number of carbonyl (C=O) groups excluding carboxylic acids is 1. The number of amides is 1. The summed E-state index contributed by atoms with van der Waals surface area (Å²) in [6.45, 7) is -1.46. The third kappa shape index (κ3) is 4.04. The van der Waals surface area contributed by atoms with Crippen molar-refractivity contribution in [2.24, 2.45) is 5.92 Å². The predicted molar refractivity (Wildman–Crippen MR) is 98.1 cm³/mol. The molecule has 2 aliphatic rings. The Morgan fingerprint density at radius 2 is 1.87 bits per heavy atom. The number of nitrogens with zero attached hydrogens (tertiary/aromatic N) is 5. The third-order valence-electron chi connectivity index (χ3n) is 5.55. The molecule has 31 heavy (non-hydrogen) atoms. The fraction of sp³-hybridized carbons (Fsp3) is 0.556. The van der Waals surface area contributed by atoms with Crippen LogP contribution in [-0.4, -0.2) is 61.7 Å². The lowest BCUT2D eigenvalue weighted by atomic mass is 9.89. The molecule has 7 nitrogen and oxygen atoms in total. The van der Waals surface area contributed by atoms with Crippen molar-refractivity contribution in [1.82, 2.24) is 24.2 Å². The van der Waals surface area contributed by atoms with Gasteiger partial charge in [0.25, 0.3) is 0 Å². The Kier molecular flexibility index (Phi) is 5.52. The normalized spacial score (nSPS) is 26.2. The van der Waals surface area contributed by atoms with Gasteiger partial charge in [0, 0.05) is 12.6 Å². The molecular formula is C18H17ClF5N5O2. The molecule has 4 atom stereocenters. The topological polar surface area (TPSA) is 73.0 Å². The largest absolute Gasteiger partial charge is 0.394 e. The number of rotatable bonds is 3. The number of carbonyl (C=O) groups is 1. The Morgan fingerprint density at radius 3 is 2.45 bits per heavy atom. The zero-order chi connectivity index (χ0) is 22.5. The van der Waals surface area contributed by atoms with Crippen LogP contribution in [0.25, 0.3) is 0 Å². The van der Waals surface area contributed by atoms with E-state index in [9.17, 15) is 31.5 Å². The van der Waals surface area contributed by atoms with E-state index in [1.807, 2.05) is 0 Å². The number of aryl methyl sites for hydroxylation is 1. The first kappa shape index (κ1) is 21.7. The number of hydrogen-bond donors (Lipinski definition) is 0. The van der Waals surface area contributed by atoms with Crippen LogP contribution >= 0.6 is 11.6 Å². The molecule has 168 valence electrons. The second kappa shape index (κ2) is 7.88. The molecule has 0 radical (unpaired) electrons. The Balaban J connectivity index is 1.72. The smallest absolute Gasteiger partial charge is 0.335 e. The summed E-state index contributed by atoms with van der Waals surface area (Å²) < 4.78 is 70.0. The maximum Gasteiger partial charge on any atom is 0.394 e. The van der Waals surface area contributed by atoms with Gasteiger partial charge in [-0.1, -0.05) is 11.6 Å². The second-order valence-corrected chi connectivity index (χ2v) is 8.04. The van der Waals surface area contributed by atoms with E-state index in [1.54, 1.807) is 0 Å². The molecule has 0 bridgehead atoms. The Hall–Kier alpha value is -2.50. The van der Waals surface area contributed by atoms with E-state index in [4.69, 9.17) is 11.6 Å². The van der Waals surface area contributed by atoms with Crippen LogP contribution in [0, 0.1) is 5.92 Å². The Morgan fingerprint density at radius 1 is 1.19 bits per heavy atom. The molecule has 0 saturated carbocycles. The highest BCUT2D eigenvalue weighted by Crippen LogP contribution is 2.42. The first-order valence-electron chi connectivity index (χ1n) is 9.48. The molecule has 2 aliphatic heterocycles. The molecule has 13 heteroatoms. The quantitative estimate of drug-likeness (QED) is 0.652. The lowest BCUT2D eigenvalue weighted by molar-refractivity contribution is -0.196. The van der Waals surface area contributed by atoms with Gasteiger partial charge in [-0.3, -0.25) is 14.3 Å². The maximum absolute atomic E-state index is 13.7. The summed E-state index contributed by atoms with van der Waals surface area (Å²) >= 11 is 5.77. The minimum atomic E-state index is -4.79. The monoisotopic (exact) mass is 465 g/mol. The number of alkyl halides is 5. The second-order valence-electron chi connectivity index (χ2n) is 7.60. The molecule has 0 unspecified atom stereocenters. The average Bonchev–Trinajstić information content (AvgIpc) is 3.21. The molecule has 4 rings (SSSR count). The van der Waals surface area contributed by atoms with E-state index in [-0.39, 0.29) is 18.8 Å². The first-order valence-corrected chi connectivity index (χ1v) is 9.86. The summed E-state index contributed by atoms with van der Waals surface area (Å²) in [6, 6.07) is 1.09. The van der Waals surface area contributed by atoms with Crippen molar-refractivity contribution >= 4 is 17.5 Å². The number of hydrogen-bond acceptors (Lipinski definition) is 4. The van der Waals surface area contributed by atoms with Gasteiger partial charge in [0.2, 0.25) is 5.91 Å². The molecule has 1 saturated heterocycles. The number of fused-ring (bicyclic) bond motifs is 1. The number of likely N-dealkylation sites (tertiary alicyclic amines) is 1. The number of pyridine rings is 1. The van der Waals surface area contributed by atoms with Gasteiger partial charge < -0.3 is 4.90 Å².